The Morgan fingerprint density at radius 2 is 1.29 bits per heavy atom. The predicted octanol–water partition coefficient (Wildman–Crippen LogP) is 3.83. The van der Waals surface area contributed by atoms with Crippen LogP contribution in [0.4, 0.5) is 0 Å². The molecule has 0 saturated carbocycles. The van der Waals surface area contributed by atoms with Gasteiger partial charge in [-0.2, -0.15) is 0 Å². The van der Waals surface area contributed by atoms with E-state index in [-0.39, 0.29) is 20.9 Å². The number of rotatable bonds is 6. The molecule has 0 heterocycles. The SMILES string of the molecule is COc1cc(C(C#C[Se]c2ccccc2)c2ccccc2)cc(OC)c1OC. The molecule has 0 aliphatic heterocycles. The van der Waals surface area contributed by atoms with Gasteiger partial charge in [0.15, 0.2) is 0 Å². The molecule has 0 aromatic heterocycles. The fraction of sp³-hybridized carbons (Fsp3) is 0.167. The Hall–Kier alpha value is -2.86. The summed E-state index contributed by atoms with van der Waals surface area (Å²) in [7, 11) is 4.86. The molecule has 0 saturated heterocycles. The van der Waals surface area contributed by atoms with Crippen LogP contribution in [0.5, 0.6) is 17.2 Å². The quantitative estimate of drug-likeness (QED) is 0.433. The zero-order chi connectivity index (χ0) is 19.8. The van der Waals surface area contributed by atoms with Crippen molar-refractivity contribution < 1.29 is 14.2 Å². The number of hydrogen-bond acceptors (Lipinski definition) is 3. The standard InChI is InChI=1S/C24H22O3Se/c1-25-22-16-19(17-23(26-2)24(22)27-3)21(18-10-6-4-7-11-18)14-15-28-20-12-8-5-9-13-20/h4-13,16-17,21H,1-3H3. The van der Waals surface area contributed by atoms with Crippen LogP contribution in [-0.4, -0.2) is 36.3 Å². The van der Waals surface area contributed by atoms with Gasteiger partial charge in [0.1, 0.15) is 0 Å². The summed E-state index contributed by atoms with van der Waals surface area (Å²) in [5.74, 6) is 5.23. The van der Waals surface area contributed by atoms with Crippen molar-refractivity contribution in [3.63, 3.8) is 0 Å². The van der Waals surface area contributed by atoms with E-state index in [4.69, 9.17) is 14.2 Å². The average molecular weight is 437 g/mol. The Morgan fingerprint density at radius 1 is 0.714 bits per heavy atom. The fourth-order valence-electron chi connectivity index (χ4n) is 2.91. The Morgan fingerprint density at radius 3 is 1.82 bits per heavy atom. The molecular formula is C24H22O3Se. The normalized spacial score (nSPS) is 11.1. The first-order valence-electron chi connectivity index (χ1n) is 8.84. The van der Waals surface area contributed by atoms with Crippen LogP contribution in [-0.2, 0) is 0 Å². The number of ether oxygens (including phenoxy) is 3. The molecule has 0 bridgehead atoms. The molecule has 0 radical (unpaired) electrons. The van der Waals surface area contributed by atoms with Crippen molar-refractivity contribution in [3.05, 3.63) is 83.9 Å². The van der Waals surface area contributed by atoms with Gasteiger partial charge in [-0.15, -0.1) is 0 Å². The molecular weight excluding hydrogens is 415 g/mol. The third-order valence-electron chi connectivity index (χ3n) is 4.27. The van der Waals surface area contributed by atoms with Gasteiger partial charge >= 0.3 is 173 Å². The number of hydrogen-bond donors (Lipinski definition) is 0. The van der Waals surface area contributed by atoms with Crippen LogP contribution in [0.1, 0.15) is 17.0 Å². The molecule has 0 spiro atoms. The van der Waals surface area contributed by atoms with Crippen LogP contribution < -0.4 is 18.7 Å². The van der Waals surface area contributed by atoms with Crippen LogP contribution in [0.3, 0.4) is 0 Å². The summed E-state index contributed by atoms with van der Waals surface area (Å²) in [6.07, 6.45) is 0. The molecule has 1 unspecified atom stereocenters. The van der Waals surface area contributed by atoms with Gasteiger partial charge in [-0.25, -0.2) is 0 Å². The molecule has 0 amide bonds. The second-order valence-electron chi connectivity index (χ2n) is 5.96. The van der Waals surface area contributed by atoms with Crippen molar-refractivity contribution in [2.75, 3.05) is 21.3 Å². The number of methoxy groups -OCH3 is 3. The van der Waals surface area contributed by atoms with Crippen LogP contribution in [0.15, 0.2) is 72.8 Å². The van der Waals surface area contributed by atoms with Crippen molar-refractivity contribution in [1.29, 1.82) is 0 Å². The Bertz CT molecular complexity index is 934. The summed E-state index contributed by atoms with van der Waals surface area (Å²) < 4.78 is 17.8. The van der Waals surface area contributed by atoms with Crippen LogP contribution >= 0.6 is 0 Å². The molecule has 0 aliphatic carbocycles. The van der Waals surface area contributed by atoms with E-state index in [1.807, 2.05) is 48.5 Å². The van der Waals surface area contributed by atoms with E-state index in [1.165, 1.54) is 4.46 Å². The summed E-state index contributed by atoms with van der Waals surface area (Å²) in [5.41, 5.74) is 2.14. The van der Waals surface area contributed by atoms with Crippen LogP contribution in [0, 0.1) is 10.7 Å². The zero-order valence-corrected chi connectivity index (χ0v) is 17.9. The first-order chi connectivity index (χ1) is 13.8. The minimum absolute atomic E-state index is 0.0829. The third-order valence-corrected chi connectivity index (χ3v) is 5.80. The van der Waals surface area contributed by atoms with Gasteiger partial charge in [0, 0.05) is 0 Å². The predicted molar refractivity (Wildman–Crippen MR) is 114 cm³/mol. The second-order valence-corrected chi connectivity index (χ2v) is 7.81. The molecule has 3 nitrogen and oxygen atoms in total. The Balaban J connectivity index is 2.03. The van der Waals surface area contributed by atoms with E-state index in [0.29, 0.717) is 17.2 Å². The third kappa shape index (κ3) is 4.70. The minimum atomic E-state index is -0.0829. The molecule has 4 heteroatoms. The summed E-state index contributed by atoms with van der Waals surface area (Å²) in [6.45, 7) is 0. The molecule has 142 valence electrons. The first kappa shape index (κ1) is 19.9. The Kier molecular flexibility index (Phi) is 7.03. The summed E-state index contributed by atoms with van der Waals surface area (Å²) in [4.78, 5) is 3.40. The zero-order valence-electron chi connectivity index (χ0n) is 16.1. The molecule has 28 heavy (non-hydrogen) atoms. The molecule has 0 N–H and O–H groups in total. The van der Waals surface area contributed by atoms with Gasteiger partial charge in [0.05, 0.1) is 0 Å². The molecule has 3 aromatic carbocycles. The summed E-state index contributed by atoms with van der Waals surface area (Å²) >= 11 is 0.0922. The van der Waals surface area contributed by atoms with E-state index < -0.39 is 0 Å². The van der Waals surface area contributed by atoms with Gasteiger partial charge < -0.3 is 0 Å². The maximum absolute atomic E-state index is 5.53. The van der Waals surface area contributed by atoms with Gasteiger partial charge in [0.25, 0.3) is 0 Å². The van der Waals surface area contributed by atoms with E-state index in [1.54, 1.807) is 21.3 Å². The van der Waals surface area contributed by atoms with Crippen molar-refractivity contribution in [2.24, 2.45) is 0 Å². The maximum atomic E-state index is 5.53. The van der Waals surface area contributed by atoms with Crippen molar-refractivity contribution in [1.82, 2.24) is 0 Å². The molecule has 3 rings (SSSR count). The molecule has 0 aliphatic rings. The van der Waals surface area contributed by atoms with Gasteiger partial charge in [-0.05, 0) is 0 Å². The van der Waals surface area contributed by atoms with E-state index >= 15 is 0 Å². The van der Waals surface area contributed by atoms with Gasteiger partial charge in [0.2, 0.25) is 0 Å². The molecule has 3 aromatic rings. The number of benzene rings is 3. The van der Waals surface area contributed by atoms with E-state index in [0.717, 1.165) is 11.1 Å². The van der Waals surface area contributed by atoms with Crippen LogP contribution in [0.2, 0.25) is 0 Å². The second kappa shape index (κ2) is 9.90. The van der Waals surface area contributed by atoms with Gasteiger partial charge in [-0.3, -0.25) is 0 Å². The summed E-state index contributed by atoms with van der Waals surface area (Å²) in [5, 5.41) is 0. The monoisotopic (exact) mass is 438 g/mol. The first-order valence-corrected chi connectivity index (χ1v) is 10.6. The van der Waals surface area contributed by atoms with E-state index in [9.17, 15) is 0 Å². The van der Waals surface area contributed by atoms with Crippen molar-refractivity contribution in [3.8, 4) is 28.0 Å². The van der Waals surface area contributed by atoms with Gasteiger partial charge in [-0.1, -0.05) is 0 Å². The summed E-state index contributed by atoms with van der Waals surface area (Å²) in [6, 6.07) is 24.6. The topological polar surface area (TPSA) is 27.7 Å². The van der Waals surface area contributed by atoms with Crippen molar-refractivity contribution in [2.45, 2.75) is 5.92 Å². The average Bonchev–Trinajstić information content (AvgIpc) is 2.77. The van der Waals surface area contributed by atoms with E-state index in [2.05, 4.69) is 35.0 Å². The Labute approximate surface area is 172 Å². The molecule has 1 atom stereocenters. The van der Waals surface area contributed by atoms with Crippen molar-refractivity contribution >= 4 is 19.4 Å². The molecule has 0 fully saturated rings. The van der Waals surface area contributed by atoms with Crippen LogP contribution in [0.25, 0.3) is 0 Å². The fourth-order valence-corrected chi connectivity index (χ4v) is 4.14.